The van der Waals surface area contributed by atoms with E-state index in [4.69, 9.17) is 20.7 Å². The van der Waals surface area contributed by atoms with Crippen LogP contribution >= 0.6 is 0 Å². The average Bonchev–Trinajstić information content (AvgIpc) is 1.54. The number of guanidine groups is 2. The van der Waals surface area contributed by atoms with Gasteiger partial charge in [-0.2, -0.15) is 0 Å². The second kappa shape index (κ2) is 11.8. The van der Waals surface area contributed by atoms with Gasteiger partial charge in [0.2, 0.25) is 0 Å². The lowest BCUT2D eigenvalue weighted by Gasteiger charge is -1.69. The molecule has 0 atom stereocenters. The van der Waals surface area contributed by atoms with Crippen LogP contribution in [0.5, 0.6) is 0 Å². The molecule has 8 heteroatoms. The predicted octanol–water partition coefficient (Wildman–Crippen LogP) is -2.23. The minimum atomic E-state index is -0.833. The Bertz CT molecular complexity index is 115. The summed E-state index contributed by atoms with van der Waals surface area (Å²) in [4.78, 5) is 9.00. The smallest absolute Gasteiger partial charge is 0.300 e. The molecule has 8 nitrogen and oxygen atoms in total. The number of hydrogen-bond acceptors (Lipinski definition) is 3. The summed E-state index contributed by atoms with van der Waals surface area (Å²) in [6, 6.07) is 0. The molecule has 11 N–H and O–H groups in total. The molecule has 0 saturated carbocycles. The Balaban J connectivity index is -0.000000101. The highest BCUT2D eigenvalue weighted by molar-refractivity contribution is 5.72. The lowest BCUT2D eigenvalue weighted by atomic mass is 10.9. The summed E-state index contributed by atoms with van der Waals surface area (Å²) in [7, 11) is 0. The molecule has 0 amide bonds. The fourth-order valence-electron chi connectivity index (χ4n) is 0. The molecule has 0 aliphatic carbocycles. The highest BCUT2D eigenvalue weighted by Crippen LogP contribution is 1.42. The van der Waals surface area contributed by atoms with Crippen LogP contribution in [0.1, 0.15) is 6.92 Å². The van der Waals surface area contributed by atoms with Crippen molar-refractivity contribution in [2.24, 2.45) is 22.9 Å². The van der Waals surface area contributed by atoms with Crippen LogP contribution in [0.2, 0.25) is 0 Å². The first kappa shape index (κ1) is 16.5. The summed E-state index contributed by atoms with van der Waals surface area (Å²) < 4.78 is 0. The number of carboxylic acids is 1. The van der Waals surface area contributed by atoms with Crippen molar-refractivity contribution in [1.82, 2.24) is 0 Å². The van der Waals surface area contributed by atoms with Gasteiger partial charge < -0.3 is 28.0 Å². The fraction of sp³-hybridized carbons (Fsp3) is 0.250. The summed E-state index contributed by atoms with van der Waals surface area (Å²) >= 11 is 0. The summed E-state index contributed by atoms with van der Waals surface area (Å²) in [5, 5.41) is 19.5. The molecular formula is C4H14N6O2. The zero-order chi connectivity index (χ0) is 10.7. The van der Waals surface area contributed by atoms with Crippen molar-refractivity contribution in [1.29, 1.82) is 10.8 Å². The number of hydrogen-bond donors (Lipinski definition) is 7. The van der Waals surface area contributed by atoms with Crippen LogP contribution < -0.4 is 22.9 Å². The Morgan fingerprint density at radius 2 is 1.08 bits per heavy atom. The van der Waals surface area contributed by atoms with Crippen LogP contribution in [0.4, 0.5) is 0 Å². The van der Waals surface area contributed by atoms with Gasteiger partial charge in [0.1, 0.15) is 0 Å². The summed E-state index contributed by atoms with van der Waals surface area (Å²) in [5.41, 5.74) is 17.9. The van der Waals surface area contributed by atoms with Crippen LogP contribution in [0, 0.1) is 10.8 Å². The number of aliphatic carboxylic acids is 1. The van der Waals surface area contributed by atoms with Crippen molar-refractivity contribution in [3.05, 3.63) is 0 Å². The van der Waals surface area contributed by atoms with Crippen molar-refractivity contribution in [2.45, 2.75) is 6.92 Å². The van der Waals surface area contributed by atoms with E-state index in [1.54, 1.807) is 0 Å². The SMILES string of the molecule is CC(=O)O.N=C(N)N.N=C(N)N. The maximum absolute atomic E-state index is 9.00. The summed E-state index contributed by atoms with van der Waals surface area (Å²) in [6.07, 6.45) is 0. The predicted molar refractivity (Wildman–Crippen MR) is 45.5 cm³/mol. The molecule has 0 aromatic carbocycles. The third-order valence-corrected chi connectivity index (χ3v) is 0. The molecule has 0 aromatic rings. The Kier molecular flexibility index (Phi) is 16.2. The Morgan fingerprint density at radius 1 is 1.08 bits per heavy atom. The third kappa shape index (κ3) is 99.4. The molecule has 0 radical (unpaired) electrons. The van der Waals surface area contributed by atoms with E-state index >= 15 is 0 Å². The second-order valence-corrected chi connectivity index (χ2v) is 1.43. The van der Waals surface area contributed by atoms with Gasteiger partial charge in [0.15, 0.2) is 11.9 Å². The van der Waals surface area contributed by atoms with E-state index in [0.29, 0.717) is 0 Å². The maximum Gasteiger partial charge on any atom is 0.300 e. The number of nitrogens with two attached hydrogens (primary N) is 4. The lowest BCUT2D eigenvalue weighted by molar-refractivity contribution is -0.134. The van der Waals surface area contributed by atoms with E-state index in [0.717, 1.165) is 6.92 Å². The van der Waals surface area contributed by atoms with E-state index in [9.17, 15) is 0 Å². The van der Waals surface area contributed by atoms with Gasteiger partial charge in [0, 0.05) is 6.92 Å². The van der Waals surface area contributed by atoms with Gasteiger partial charge in [0.25, 0.3) is 5.97 Å². The van der Waals surface area contributed by atoms with Crippen molar-refractivity contribution < 1.29 is 9.90 Å². The van der Waals surface area contributed by atoms with E-state index in [-0.39, 0.29) is 11.9 Å². The number of carbonyl (C=O) groups is 1. The maximum atomic E-state index is 9.00. The zero-order valence-electron chi connectivity index (χ0n) is 6.66. The molecule has 0 aliphatic rings. The van der Waals surface area contributed by atoms with E-state index in [1.807, 2.05) is 0 Å². The van der Waals surface area contributed by atoms with Gasteiger partial charge in [-0.25, -0.2) is 0 Å². The minimum absolute atomic E-state index is 0.333. The molecule has 0 saturated heterocycles. The number of rotatable bonds is 0. The van der Waals surface area contributed by atoms with Gasteiger partial charge in [-0.15, -0.1) is 0 Å². The van der Waals surface area contributed by atoms with E-state index in [1.165, 1.54) is 0 Å². The molecule has 12 heavy (non-hydrogen) atoms. The zero-order valence-corrected chi connectivity index (χ0v) is 6.66. The van der Waals surface area contributed by atoms with Crippen molar-refractivity contribution in [3.8, 4) is 0 Å². The first-order valence-electron chi connectivity index (χ1n) is 2.58. The molecule has 0 aromatic heterocycles. The highest BCUT2D eigenvalue weighted by Gasteiger charge is 1.65. The van der Waals surface area contributed by atoms with Crippen LogP contribution in [-0.4, -0.2) is 23.0 Å². The fourth-order valence-corrected chi connectivity index (χ4v) is 0. The molecule has 0 bridgehead atoms. The Labute approximate surface area is 69.5 Å². The molecule has 0 aliphatic heterocycles. The van der Waals surface area contributed by atoms with Crippen molar-refractivity contribution >= 4 is 17.9 Å². The topological polar surface area (TPSA) is 189 Å². The van der Waals surface area contributed by atoms with Gasteiger partial charge >= 0.3 is 0 Å². The summed E-state index contributed by atoms with van der Waals surface area (Å²) in [6.45, 7) is 1.08. The van der Waals surface area contributed by atoms with Gasteiger partial charge in [0.05, 0.1) is 0 Å². The lowest BCUT2D eigenvalue weighted by Crippen LogP contribution is -2.20. The van der Waals surface area contributed by atoms with Crippen LogP contribution in [0.15, 0.2) is 0 Å². The quantitative estimate of drug-likeness (QED) is 0.162. The molecule has 0 rings (SSSR count). The minimum Gasteiger partial charge on any atom is -0.481 e. The van der Waals surface area contributed by atoms with Gasteiger partial charge in [-0.05, 0) is 0 Å². The number of nitrogens with one attached hydrogen (secondary N) is 2. The van der Waals surface area contributed by atoms with Crippen LogP contribution in [0.3, 0.4) is 0 Å². The second-order valence-electron chi connectivity index (χ2n) is 1.43. The molecule has 0 fully saturated rings. The first-order valence-corrected chi connectivity index (χ1v) is 2.58. The molecule has 0 heterocycles. The van der Waals surface area contributed by atoms with E-state index in [2.05, 4.69) is 22.9 Å². The monoisotopic (exact) mass is 178 g/mol. The normalized spacial score (nSPS) is 6.08. The largest absolute Gasteiger partial charge is 0.481 e. The molecular weight excluding hydrogens is 164 g/mol. The average molecular weight is 178 g/mol. The molecule has 72 valence electrons. The molecule has 0 spiro atoms. The number of carboxylic acid groups (broad SMARTS) is 1. The Hall–Kier alpha value is -1.99. The van der Waals surface area contributed by atoms with Gasteiger partial charge in [-0.1, -0.05) is 0 Å². The summed E-state index contributed by atoms with van der Waals surface area (Å²) in [5.74, 6) is -1.50. The first-order chi connectivity index (χ1) is 5.20. The highest BCUT2D eigenvalue weighted by atomic mass is 16.4. The van der Waals surface area contributed by atoms with Gasteiger partial charge in [-0.3, -0.25) is 15.6 Å². The van der Waals surface area contributed by atoms with Crippen LogP contribution in [-0.2, 0) is 4.79 Å². The Morgan fingerprint density at radius 3 is 1.08 bits per heavy atom. The van der Waals surface area contributed by atoms with Crippen molar-refractivity contribution in [2.75, 3.05) is 0 Å². The molecule has 0 unspecified atom stereocenters. The van der Waals surface area contributed by atoms with Crippen molar-refractivity contribution in [3.63, 3.8) is 0 Å². The third-order valence-electron chi connectivity index (χ3n) is 0. The standard InChI is InChI=1S/C2H4O2.2CH5N3/c1-2(3)4;2*2-1(3)4/h1H3,(H,3,4);2*(H5,2,3,4). The van der Waals surface area contributed by atoms with Crippen LogP contribution in [0.25, 0.3) is 0 Å². The van der Waals surface area contributed by atoms with E-state index < -0.39 is 5.97 Å².